The summed E-state index contributed by atoms with van der Waals surface area (Å²) in [7, 11) is 0. The number of aliphatic hydroxyl groups is 1. The predicted octanol–water partition coefficient (Wildman–Crippen LogP) is 4.03. The van der Waals surface area contributed by atoms with E-state index >= 15 is 0 Å². The van der Waals surface area contributed by atoms with E-state index in [-0.39, 0.29) is 5.60 Å². The van der Waals surface area contributed by atoms with Crippen LogP contribution in [-0.2, 0) is 9.47 Å². The fraction of sp³-hybridized carbons (Fsp3) is 1.00. The largest absolute Gasteiger partial charge is 0.374 e. The third-order valence-electron chi connectivity index (χ3n) is 8.00. The van der Waals surface area contributed by atoms with Crippen LogP contribution in [0.25, 0.3) is 0 Å². The van der Waals surface area contributed by atoms with Crippen molar-refractivity contribution >= 4 is 0 Å². The molecule has 3 heteroatoms. The van der Waals surface area contributed by atoms with E-state index in [9.17, 15) is 5.11 Å². The van der Waals surface area contributed by atoms with Crippen LogP contribution in [0.2, 0.25) is 0 Å². The number of fused-ring (bicyclic) bond motifs is 6. The molecule has 0 radical (unpaired) electrons. The summed E-state index contributed by atoms with van der Waals surface area (Å²) < 4.78 is 13.3. The molecule has 7 unspecified atom stereocenters. The zero-order chi connectivity index (χ0) is 15.4. The lowest BCUT2D eigenvalue weighted by atomic mass is 9.55. The first-order valence-electron chi connectivity index (χ1n) is 10.3. The van der Waals surface area contributed by atoms with Gasteiger partial charge in [-0.1, -0.05) is 38.5 Å². The Morgan fingerprint density at radius 1 is 0.652 bits per heavy atom. The Morgan fingerprint density at radius 2 is 1.17 bits per heavy atom. The van der Waals surface area contributed by atoms with Crippen LogP contribution in [0.3, 0.4) is 0 Å². The normalized spacial score (nSPS) is 56.0. The van der Waals surface area contributed by atoms with Crippen molar-refractivity contribution in [3.8, 4) is 0 Å². The Kier molecular flexibility index (Phi) is 3.76. The zero-order valence-corrected chi connectivity index (χ0v) is 14.3. The summed E-state index contributed by atoms with van der Waals surface area (Å²) in [6.07, 6.45) is 15.5. The number of rotatable bonds is 0. The molecule has 7 atom stereocenters. The Balaban J connectivity index is 1.57. The van der Waals surface area contributed by atoms with E-state index in [0.29, 0.717) is 35.9 Å². The molecule has 2 heterocycles. The number of hydrogen-bond acceptors (Lipinski definition) is 3. The summed E-state index contributed by atoms with van der Waals surface area (Å²) in [6.45, 7) is 0. The highest BCUT2D eigenvalue weighted by atomic mass is 16.6. The Bertz CT molecular complexity index is 417. The summed E-state index contributed by atoms with van der Waals surface area (Å²) in [5, 5.41) is 10.8. The van der Waals surface area contributed by atoms with Crippen molar-refractivity contribution in [3.63, 3.8) is 0 Å². The van der Waals surface area contributed by atoms with Gasteiger partial charge in [0.15, 0.2) is 6.29 Å². The molecule has 0 bridgehead atoms. The van der Waals surface area contributed by atoms with Crippen molar-refractivity contribution in [2.24, 2.45) is 23.7 Å². The molecule has 0 aromatic rings. The highest BCUT2D eigenvalue weighted by Gasteiger charge is 2.66. The average Bonchev–Trinajstić information content (AvgIpc) is 2.90. The van der Waals surface area contributed by atoms with Crippen LogP contribution in [0.1, 0.15) is 77.0 Å². The molecular weight excluding hydrogens is 288 g/mol. The monoisotopic (exact) mass is 320 g/mol. The predicted molar refractivity (Wildman–Crippen MR) is 87.8 cm³/mol. The molecule has 5 aliphatic rings. The van der Waals surface area contributed by atoms with E-state index in [1.807, 2.05) is 0 Å². The van der Waals surface area contributed by atoms with Crippen LogP contribution >= 0.6 is 0 Å². The highest BCUT2D eigenvalue weighted by molar-refractivity contribution is 5.13. The van der Waals surface area contributed by atoms with Gasteiger partial charge in [-0.15, -0.1) is 0 Å². The smallest absolute Gasteiger partial charge is 0.158 e. The standard InChI is InChI=1S/C20H32O3/c21-19-13-7-1-2-8-14(13)20(23-19)15-9-3-5-11-17(15)22-18-12-6-4-10-16(18)20/h13-19,21H,1-12H2. The highest BCUT2D eigenvalue weighted by Crippen LogP contribution is 2.62. The van der Waals surface area contributed by atoms with Gasteiger partial charge < -0.3 is 14.6 Å². The van der Waals surface area contributed by atoms with Crippen molar-refractivity contribution in [1.82, 2.24) is 0 Å². The molecule has 5 rings (SSSR count). The van der Waals surface area contributed by atoms with Gasteiger partial charge in [0.05, 0.1) is 17.8 Å². The summed E-state index contributed by atoms with van der Waals surface area (Å²) in [4.78, 5) is 0. The molecule has 1 spiro atoms. The Labute approximate surface area is 140 Å². The molecule has 0 amide bonds. The topological polar surface area (TPSA) is 38.7 Å². The molecule has 2 saturated heterocycles. The second kappa shape index (κ2) is 5.71. The van der Waals surface area contributed by atoms with Crippen LogP contribution < -0.4 is 0 Å². The second-order valence-corrected chi connectivity index (χ2v) is 8.91. The fourth-order valence-electron chi connectivity index (χ4n) is 7.22. The van der Waals surface area contributed by atoms with Gasteiger partial charge in [-0.3, -0.25) is 0 Å². The van der Waals surface area contributed by atoms with E-state index in [1.165, 1.54) is 77.0 Å². The molecule has 3 aliphatic carbocycles. The lowest BCUT2D eigenvalue weighted by Crippen LogP contribution is -2.64. The van der Waals surface area contributed by atoms with E-state index in [0.717, 1.165) is 0 Å². The molecule has 5 fully saturated rings. The lowest BCUT2D eigenvalue weighted by molar-refractivity contribution is -0.284. The van der Waals surface area contributed by atoms with E-state index in [2.05, 4.69) is 0 Å². The van der Waals surface area contributed by atoms with Crippen LogP contribution in [0, 0.1) is 23.7 Å². The SMILES string of the molecule is OC1OC2(C3CCCCC3OC3CCCCC32)C2CCCCC12. The van der Waals surface area contributed by atoms with Gasteiger partial charge >= 0.3 is 0 Å². The van der Waals surface area contributed by atoms with Gasteiger partial charge in [-0.2, -0.15) is 0 Å². The van der Waals surface area contributed by atoms with E-state index < -0.39 is 6.29 Å². The third kappa shape index (κ3) is 2.12. The van der Waals surface area contributed by atoms with Crippen LogP contribution in [0.4, 0.5) is 0 Å². The maximum Gasteiger partial charge on any atom is 0.158 e. The van der Waals surface area contributed by atoms with Crippen LogP contribution in [0.5, 0.6) is 0 Å². The molecule has 3 saturated carbocycles. The molecular formula is C20H32O3. The molecule has 0 aromatic carbocycles. The first-order chi connectivity index (χ1) is 11.3. The fourth-order valence-corrected chi connectivity index (χ4v) is 7.22. The van der Waals surface area contributed by atoms with E-state index in [4.69, 9.17) is 9.47 Å². The molecule has 23 heavy (non-hydrogen) atoms. The number of ether oxygens (including phenoxy) is 2. The first-order valence-corrected chi connectivity index (χ1v) is 10.3. The van der Waals surface area contributed by atoms with Gasteiger partial charge in [0, 0.05) is 17.8 Å². The van der Waals surface area contributed by atoms with Gasteiger partial charge in [0.1, 0.15) is 0 Å². The number of aliphatic hydroxyl groups excluding tert-OH is 1. The van der Waals surface area contributed by atoms with Crippen molar-refractivity contribution in [2.75, 3.05) is 0 Å². The van der Waals surface area contributed by atoms with Gasteiger partial charge in [0.25, 0.3) is 0 Å². The maximum absolute atomic E-state index is 10.8. The van der Waals surface area contributed by atoms with Gasteiger partial charge in [0.2, 0.25) is 0 Å². The minimum absolute atomic E-state index is 0.0566. The Hall–Kier alpha value is -0.120. The van der Waals surface area contributed by atoms with Crippen LogP contribution in [-0.4, -0.2) is 29.2 Å². The minimum Gasteiger partial charge on any atom is -0.374 e. The van der Waals surface area contributed by atoms with Crippen molar-refractivity contribution in [2.45, 2.75) is 101 Å². The second-order valence-electron chi connectivity index (χ2n) is 8.91. The van der Waals surface area contributed by atoms with Gasteiger partial charge in [-0.25, -0.2) is 0 Å². The van der Waals surface area contributed by atoms with Crippen molar-refractivity contribution in [1.29, 1.82) is 0 Å². The summed E-state index contributed by atoms with van der Waals surface area (Å²) >= 11 is 0. The number of hydrogen-bond donors (Lipinski definition) is 1. The van der Waals surface area contributed by atoms with Gasteiger partial charge in [-0.05, 0) is 44.4 Å². The molecule has 2 aliphatic heterocycles. The summed E-state index contributed by atoms with van der Waals surface area (Å²) in [5.74, 6) is 2.06. The molecule has 0 aromatic heterocycles. The lowest BCUT2D eigenvalue weighted by Gasteiger charge is -2.59. The molecule has 3 nitrogen and oxygen atoms in total. The third-order valence-corrected chi connectivity index (χ3v) is 8.00. The van der Waals surface area contributed by atoms with Crippen molar-refractivity contribution in [3.05, 3.63) is 0 Å². The molecule has 1 N–H and O–H groups in total. The summed E-state index contributed by atoms with van der Waals surface area (Å²) in [6, 6.07) is 0. The Morgan fingerprint density at radius 3 is 1.83 bits per heavy atom. The summed E-state index contributed by atoms with van der Waals surface area (Å²) in [5.41, 5.74) is -0.0566. The molecule has 130 valence electrons. The average molecular weight is 320 g/mol. The maximum atomic E-state index is 10.8. The van der Waals surface area contributed by atoms with Crippen LogP contribution in [0.15, 0.2) is 0 Å². The van der Waals surface area contributed by atoms with E-state index in [1.54, 1.807) is 0 Å². The first kappa shape index (κ1) is 15.2. The quantitative estimate of drug-likeness (QED) is 0.732. The zero-order valence-electron chi connectivity index (χ0n) is 14.3. The van der Waals surface area contributed by atoms with Crippen molar-refractivity contribution < 1.29 is 14.6 Å². The minimum atomic E-state index is -0.511.